The predicted molar refractivity (Wildman–Crippen MR) is 80.5 cm³/mol. The van der Waals surface area contributed by atoms with Crippen LogP contribution < -0.4 is 30.2 Å². The minimum Gasteiger partial charge on any atom is -0.790 e. The Labute approximate surface area is 162 Å². The number of hydrogen-bond acceptors (Lipinski definition) is 14. The summed E-state index contributed by atoms with van der Waals surface area (Å²) in [4.78, 5) is 54.2. The van der Waals surface area contributed by atoms with Gasteiger partial charge in [0.2, 0.25) is 0 Å². The average Bonchev–Trinajstić information content (AvgIpc) is 2.78. The molecule has 0 aromatic heterocycles. The molecule has 19 heteroatoms. The average molecular weight is 478 g/mol. The zero-order chi connectivity index (χ0) is 22.2. The molecule has 29 heavy (non-hydrogen) atoms. The molecule has 0 spiro atoms. The van der Waals surface area contributed by atoms with Crippen LogP contribution in [0.2, 0.25) is 0 Å². The number of carbonyl (C=O) groups is 1. The van der Waals surface area contributed by atoms with Crippen LogP contribution in [0, 0.1) is 0 Å². The first-order chi connectivity index (χ1) is 13.1. The number of aliphatic hydroxyl groups excluding tert-OH is 2. The van der Waals surface area contributed by atoms with Crippen LogP contribution in [0.15, 0.2) is 24.0 Å². The smallest absolute Gasteiger partial charge is 0.323 e. The SMILES string of the molecule is C=C1NC(=O)NC=C1[C@@H]1O[C@H](COP(=O)([O-])OP(=O)([O-])OP(=O)([O-])[O-])C(O)[C@@H]1O. The Bertz CT molecular complexity index is 853. The highest BCUT2D eigenvalue weighted by atomic mass is 31.3. The molecule has 0 aromatic rings. The van der Waals surface area contributed by atoms with E-state index < -0.39 is 60.5 Å². The van der Waals surface area contributed by atoms with Crippen LogP contribution in [-0.2, 0) is 31.6 Å². The number of rotatable bonds is 8. The fourth-order valence-corrected chi connectivity index (χ4v) is 5.19. The van der Waals surface area contributed by atoms with Gasteiger partial charge in [-0.1, -0.05) is 6.58 Å². The quantitative estimate of drug-likeness (QED) is 0.242. The number of phosphoric acid groups is 3. The van der Waals surface area contributed by atoms with Gasteiger partial charge in [-0.25, -0.2) is 9.11 Å². The van der Waals surface area contributed by atoms with Crippen molar-refractivity contribution in [1.82, 2.24) is 10.6 Å². The van der Waals surface area contributed by atoms with Crippen LogP contribution in [0.25, 0.3) is 0 Å². The molecule has 0 aromatic carbocycles. The lowest BCUT2D eigenvalue weighted by molar-refractivity contribution is -0.339. The normalized spacial score (nSPS) is 32.0. The molecule has 3 unspecified atom stereocenters. The number of ether oxygens (including phenoxy) is 1. The lowest BCUT2D eigenvalue weighted by atomic mass is 10.00. The summed E-state index contributed by atoms with van der Waals surface area (Å²) in [7, 11) is -18.1. The number of phosphoric ester groups is 1. The van der Waals surface area contributed by atoms with Crippen molar-refractivity contribution in [2.75, 3.05) is 6.61 Å². The second-order valence-corrected chi connectivity index (χ2v) is 9.80. The molecular formula is C10H13N2O14P3-4. The minimum atomic E-state index is -6.13. The van der Waals surface area contributed by atoms with Crippen LogP contribution in [0.1, 0.15) is 0 Å². The van der Waals surface area contributed by atoms with E-state index in [1.165, 1.54) is 0 Å². The van der Waals surface area contributed by atoms with Crippen molar-refractivity contribution in [3.63, 3.8) is 0 Å². The van der Waals surface area contributed by atoms with E-state index in [0.717, 1.165) is 6.20 Å². The van der Waals surface area contributed by atoms with E-state index in [1.807, 2.05) is 0 Å². The van der Waals surface area contributed by atoms with Crippen molar-refractivity contribution in [2.24, 2.45) is 0 Å². The lowest BCUT2D eigenvalue weighted by Crippen LogP contribution is -2.42. The Hall–Kier alpha value is -0.960. The highest BCUT2D eigenvalue weighted by Gasteiger charge is 2.46. The molecule has 6 atom stereocenters. The molecule has 166 valence electrons. The van der Waals surface area contributed by atoms with Crippen molar-refractivity contribution in [2.45, 2.75) is 24.4 Å². The standard InChI is InChI=1S/C10H17N2O14P3/c1-4-5(2-11-10(15)12-4)9-8(14)7(13)6(24-9)3-23-28(19,20)26-29(21,22)25-27(16,17)18/h2,6-9,13-14H,1,3H2,(H,19,20)(H,21,22)(H2,11,12,15)(H2,16,17,18)/p-4/t6-,7?,8+,9+/m1/s1. The number of nitrogens with one attached hydrogen (secondary N) is 2. The maximum atomic E-state index is 11.5. The van der Waals surface area contributed by atoms with Gasteiger partial charge in [0.1, 0.15) is 24.4 Å². The van der Waals surface area contributed by atoms with E-state index in [9.17, 15) is 48.3 Å². The molecule has 4 N–H and O–H groups in total. The van der Waals surface area contributed by atoms with Gasteiger partial charge in [0.05, 0.1) is 14.4 Å². The van der Waals surface area contributed by atoms with E-state index in [-0.39, 0.29) is 11.3 Å². The van der Waals surface area contributed by atoms with Gasteiger partial charge >= 0.3 is 6.03 Å². The topological polar surface area (TPSA) is 262 Å². The Balaban J connectivity index is 2.01. The molecule has 2 amide bonds. The van der Waals surface area contributed by atoms with E-state index in [2.05, 4.69) is 30.4 Å². The maximum Gasteiger partial charge on any atom is 0.323 e. The van der Waals surface area contributed by atoms with Crippen molar-refractivity contribution in [1.29, 1.82) is 0 Å². The molecule has 2 aliphatic rings. The Kier molecular flexibility index (Phi) is 7.25. The molecule has 2 rings (SSSR count). The van der Waals surface area contributed by atoms with Gasteiger partial charge in [-0.15, -0.1) is 0 Å². The van der Waals surface area contributed by atoms with Crippen molar-refractivity contribution in [3.05, 3.63) is 24.0 Å². The molecule has 0 radical (unpaired) electrons. The van der Waals surface area contributed by atoms with Gasteiger partial charge in [-0.3, -0.25) is 13.4 Å². The summed E-state index contributed by atoms with van der Waals surface area (Å²) >= 11 is 0. The van der Waals surface area contributed by atoms with Crippen LogP contribution in [-0.4, -0.2) is 47.3 Å². The van der Waals surface area contributed by atoms with E-state index in [4.69, 9.17) is 4.74 Å². The highest BCUT2D eigenvalue weighted by molar-refractivity contribution is 7.64. The monoisotopic (exact) mass is 478 g/mol. The number of urea groups is 1. The Morgan fingerprint density at radius 2 is 1.72 bits per heavy atom. The zero-order valence-electron chi connectivity index (χ0n) is 13.9. The van der Waals surface area contributed by atoms with Gasteiger partial charge in [-0.05, 0) is 0 Å². The summed E-state index contributed by atoms with van der Waals surface area (Å²) in [6, 6.07) is -0.624. The summed E-state index contributed by atoms with van der Waals surface area (Å²) < 4.78 is 48.6. The van der Waals surface area contributed by atoms with Crippen LogP contribution in [0.4, 0.5) is 4.79 Å². The number of amides is 2. The first-order valence-electron chi connectivity index (χ1n) is 7.30. The van der Waals surface area contributed by atoms with Gasteiger partial charge in [0, 0.05) is 17.5 Å². The van der Waals surface area contributed by atoms with E-state index in [1.54, 1.807) is 0 Å². The molecule has 1 saturated heterocycles. The summed E-state index contributed by atoms with van der Waals surface area (Å²) in [5.74, 6) is 0. The van der Waals surface area contributed by atoms with Gasteiger partial charge in [0.15, 0.2) is 0 Å². The van der Waals surface area contributed by atoms with Crippen molar-refractivity contribution >= 4 is 29.5 Å². The van der Waals surface area contributed by atoms with Crippen molar-refractivity contribution in [3.8, 4) is 0 Å². The summed E-state index contributed by atoms with van der Waals surface area (Å²) in [5.41, 5.74) is 0.132. The molecule has 2 heterocycles. The van der Waals surface area contributed by atoms with Crippen LogP contribution in [0.3, 0.4) is 0 Å². The predicted octanol–water partition coefficient (Wildman–Crippen LogP) is -4.00. The third kappa shape index (κ3) is 6.77. The molecule has 2 aliphatic heterocycles. The second kappa shape index (κ2) is 8.65. The van der Waals surface area contributed by atoms with Gasteiger partial charge in [0.25, 0.3) is 15.6 Å². The molecule has 0 saturated carbocycles. The highest BCUT2D eigenvalue weighted by Crippen LogP contribution is 2.60. The zero-order valence-corrected chi connectivity index (χ0v) is 16.6. The maximum absolute atomic E-state index is 11.5. The molecular weight excluding hydrogens is 465 g/mol. The third-order valence-corrected chi connectivity index (χ3v) is 7.10. The van der Waals surface area contributed by atoms with Gasteiger partial charge in [-0.2, -0.15) is 0 Å². The summed E-state index contributed by atoms with van der Waals surface area (Å²) in [5, 5.41) is 24.5. The molecule has 0 aliphatic carbocycles. The number of aliphatic hydroxyl groups is 2. The first kappa shape index (κ1) is 24.3. The lowest BCUT2D eigenvalue weighted by Gasteiger charge is -2.37. The van der Waals surface area contributed by atoms with Crippen LogP contribution in [0.5, 0.6) is 0 Å². The first-order valence-corrected chi connectivity index (χ1v) is 11.7. The van der Waals surface area contributed by atoms with Crippen molar-refractivity contribution < 1.29 is 66.2 Å². The fourth-order valence-electron chi connectivity index (χ4n) is 2.32. The molecule has 0 bridgehead atoms. The molecule has 1 fully saturated rings. The Morgan fingerprint density at radius 3 is 2.28 bits per heavy atom. The minimum absolute atomic E-state index is 0.0218. The van der Waals surface area contributed by atoms with E-state index >= 15 is 0 Å². The van der Waals surface area contributed by atoms with E-state index in [0.29, 0.717) is 0 Å². The summed E-state index contributed by atoms with van der Waals surface area (Å²) in [6.07, 6.45) is -5.06. The summed E-state index contributed by atoms with van der Waals surface area (Å²) in [6.45, 7) is 2.44. The fraction of sp³-hybridized carbons (Fsp3) is 0.500. The third-order valence-electron chi connectivity index (χ3n) is 3.44. The van der Waals surface area contributed by atoms with Crippen LogP contribution >= 0.6 is 23.5 Å². The Morgan fingerprint density at radius 1 is 1.10 bits per heavy atom. The second-order valence-electron chi connectivity index (χ2n) is 5.55. The largest absolute Gasteiger partial charge is 0.790 e. The number of hydrogen-bond donors (Lipinski definition) is 4. The number of carbonyl (C=O) groups excluding carboxylic acids is 1. The molecule has 16 nitrogen and oxygen atoms in total. The van der Waals surface area contributed by atoms with Gasteiger partial charge < -0.3 is 54.2 Å².